The average Bonchev–Trinajstić information content (AvgIpc) is 3.11. The second-order valence-corrected chi connectivity index (χ2v) is 6.95. The first-order chi connectivity index (χ1) is 13.1. The summed E-state index contributed by atoms with van der Waals surface area (Å²) in [6, 6.07) is 0. The van der Waals surface area contributed by atoms with Gasteiger partial charge >= 0.3 is 0 Å². The molecule has 2 aliphatic rings. The van der Waals surface area contributed by atoms with Gasteiger partial charge in [0.2, 0.25) is 11.8 Å². The Morgan fingerprint density at radius 1 is 1.18 bits per heavy atom. The Kier molecular flexibility index (Phi) is 8.52. The van der Waals surface area contributed by atoms with E-state index in [1.165, 1.54) is 6.42 Å². The lowest BCUT2D eigenvalue weighted by atomic mass is 10.1. The fourth-order valence-corrected chi connectivity index (χ4v) is 3.49. The lowest BCUT2D eigenvalue weighted by Crippen LogP contribution is -2.55. The van der Waals surface area contributed by atoms with Gasteiger partial charge in [0.1, 0.15) is 13.1 Å². The highest BCUT2D eigenvalue weighted by Crippen LogP contribution is 2.16. The van der Waals surface area contributed by atoms with Crippen LogP contribution in [0.2, 0.25) is 0 Å². The molecule has 1 N–H and O–H groups in total. The zero-order valence-electron chi connectivity index (χ0n) is 16.6. The van der Waals surface area contributed by atoms with E-state index < -0.39 is 0 Å². The van der Waals surface area contributed by atoms with Crippen molar-refractivity contribution in [2.24, 2.45) is 12.0 Å². The summed E-state index contributed by atoms with van der Waals surface area (Å²) in [5, 5.41) is 7.34. The van der Waals surface area contributed by atoms with Gasteiger partial charge in [-0.15, -0.1) is 24.0 Å². The van der Waals surface area contributed by atoms with Crippen molar-refractivity contribution in [3.8, 4) is 0 Å². The van der Waals surface area contributed by atoms with E-state index >= 15 is 0 Å². The monoisotopic (exact) mass is 503 g/mol. The van der Waals surface area contributed by atoms with Gasteiger partial charge in [-0.05, 0) is 26.2 Å². The number of hydrogen-bond donors (Lipinski definition) is 1. The fraction of sp³-hybridized carbons (Fsp3) is 0.667. The van der Waals surface area contributed by atoms with E-state index in [1.54, 1.807) is 15.8 Å². The second-order valence-electron chi connectivity index (χ2n) is 6.95. The van der Waals surface area contributed by atoms with E-state index in [1.807, 2.05) is 30.0 Å². The van der Waals surface area contributed by atoms with E-state index in [2.05, 4.69) is 15.4 Å². The molecule has 2 amide bonds. The summed E-state index contributed by atoms with van der Waals surface area (Å²) in [5.41, 5.74) is 0.810. The minimum Gasteiger partial charge on any atom is -0.356 e. The summed E-state index contributed by atoms with van der Waals surface area (Å²) < 4.78 is 1.69. The largest absolute Gasteiger partial charge is 0.356 e. The number of carbonyl (C=O) groups is 2. The highest BCUT2D eigenvalue weighted by atomic mass is 127. The van der Waals surface area contributed by atoms with Gasteiger partial charge in [0.25, 0.3) is 0 Å². The van der Waals surface area contributed by atoms with Gasteiger partial charge in [-0.25, -0.2) is 4.99 Å². The highest BCUT2D eigenvalue weighted by molar-refractivity contribution is 14.0. The van der Waals surface area contributed by atoms with E-state index in [0.717, 1.165) is 31.6 Å². The molecule has 1 aromatic rings. The number of halogens is 1. The number of nitrogens with zero attached hydrogens (tertiary/aromatic N) is 6. The Morgan fingerprint density at radius 2 is 1.93 bits per heavy atom. The van der Waals surface area contributed by atoms with Crippen LogP contribution in [0.5, 0.6) is 0 Å². The van der Waals surface area contributed by atoms with Crippen LogP contribution in [0.15, 0.2) is 17.4 Å². The lowest BCUT2D eigenvalue weighted by Gasteiger charge is -2.35. The van der Waals surface area contributed by atoms with Crippen molar-refractivity contribution >= 4 is 47.4 Å². The van der Waals surface area contributed by atoms with Crippen molar-refractivity contribution in [2.45, 2.75) is 26.2 Å². The molecule has 9 nitrogen and oxygen atoms in total. The first-order valence-corrected chi connectivity index (χ1v) is 9.68. The molecule has 0 atom stereocenters. The zero-order chi connectivity index (χ0) is 19.2. The number of likely N-dealkylation sites (tertiary alicyclic amines) is 1. The predicted octanol–water partition coefficient (Wildman–Crippen LogP) is 0.665. The van der Waals surface area contributed by atoms with Gasteiger partial charge in [-0.2, -0.15) is 5.10 Å². The van der Waals surface area contributed by atoms with Gasteiger partial charge in [-0.1, -0.05) is 0 Å². The van der Waals surface area contributed by atoms with Gasteiger partial charge < -0.3 is 20.0 Å². The maximum Gasteiger partial charge on any atom is 0.246 e. The minimum atomic E-state index is 0. The Morgan fingerprint density at radius 3 is 2.54 bits per heavy atom. The van der Waals surface area contributed by atoms with Crippen LogP contribution < -0.4 is 10.2 Å². The normalized spacial score (nSPS) is 18.1. The number of amides is 2. The topological polar surface area (TPSA) is 86.1 Å². The number of nitrogens with one attached hydrogen (secondary N) is 1. The highest BCUT2D eigenvalue weighted by Gasteiger charge is 2.28. The number of carbonyl (C=O) groups excluding carboxylic acids is 2. The number of anilines is 1. The Hall–Kier alpha value is -1.85. The average molecular weight is 503 g/mol. The number of piperidine rings is 1. The summed E-state index contributed by atoms with van der Waals surface area (Å²) in [7, 11) is 1.83. The molecule has 3 rings (SSSR count). The number of aliphatic imine (C=N–C) groups is 1. The molecule has 28 heavy (non-hydrogen) atoms. The number of rotatable bonds is 4. The van der Waals surface area contributed by atoms with Crippen molar-refractivity contribution < 1.29 is 9.59 Å². The molecule has 1 aromatic heterocycles. The molecule has 0 unspecified atom stereocenters. The van der Waals surface area contributed by atoms with Gasteiger partial charge in [0.15, 0.2) is 5.96 Å². The molecule has 0 saturated carbocycles. The maximum atomic E-state index is 12.6. The molecular formula is C18H30IN7O2. The van der Waals surface area contributed by atoms with Crippen LogP contribution in [0.25, 0.3) is 0 Å². The first kappa shape index (κ1) is 22.4. The summed E-state index contributed by atoms with van der Waals surface area (Å²) in [5.74, 6) is 0.690. The third-order valence-electron chi connectivity index (χ3n) is 4.93. The Labute approximate surface area is 183 Å². The molecule has 156 valence electrons. The van der Waals surface area contributed by atoms with E-state index in [-0.39, 0.29) is 48.9 Å². The maximum absolute atomic E-state index is 12.6. The summed E-state index contributed by atoms with van der Waals surface area (Å²) in [6.07, 6.45) is 6.87. The molecule has 10 heteroatoms. The van der Waals surface area contributed by atoms with Gasteiger partial charge in [-0.3, -0.25) is 14.3 Å². The Bertz CT molecular complexity index is 700. The first-order valence-electron chi connectivity index (χ1n) is 9.68. The van der Waals surface area contributed by atoms with Crippen LogP contribution in [-0.4, -0.2) is 83.2 Å². The van der Waals surface area contributed by atoms with Gasteiger partial charge in [0.05, 0.1) is 11.9 Å². The van der Waals surface area contributed by atoms with Crippen LogP contribution in [0.1, 0.15) is 26.2 Å². The summed E-state index contributed by atoms with van der Waals surface area (Å²) >= 11 is 0. The molecule has 0 bridgehead atoms. The molecule has 3 heterocycles. The van der Waals surface area contributed by atoms with Crippen LogP contribution >= 0.6 is 24.0 Å². The molecule has 0 radical (unpaired) electrons. The predicted molar refractivity (Wildman–Crippen MR) is 119 cm³/mol. The van der Waals surface area contributed by atoms with Crippen LogP contribution in [0.4, 0.5) is 5.69 Å². The van der Waals surface area contributed by atoms with Crippen LogP contribution in [0.3, 0.4) is 0 Å². The third-order valence-corrected chi connectivity index (χ3v) is 4.93. The number of hydrogen-bond acceptors (Lipinski definition) is 4. The third kappa shape index (κ3) is 5.58. The number of aromatic nitrogens is 2. The molecule has 0 spiro atoms. The Balaban J connectivity index is 0.00000280. The number of aryl methyl sites for hydroxylation is 1. The van der Waals surface area contributed by atoms with Crippen molar-refractivity contribution in [2.75, 3.05) is 50.7 Å². The standard InChI is InChI=1S/C18H29N7O2.HI/c1-3-19-18(20-12-16(26)23-7-5-4-6-8-23)24-9-10-25(17(27)14-24)15-11-21-22(2)13-15;/h11,13H,3-10,12,14H2,1-2H3,(H,19,20);1H. The van der Waals surface area contributed by atoms with Crippen LogP contribution in [0, 0.1) is 0 Å². The van der Waals surface area contributed by atoms with Gasteiger partial charge in [0, 0.05) is 46.0 Å². The van der Waals surface area contributed by atoms with E-state index in [4.69, 9.17) is 0 Å². The zero-order valence-corrected chi connectivity index (χ0v) is 19.0. The quantitative estimate of drug-likeness (QED) is 0.371. The smallest absolute Gasteiger partial charge is 0.246 e. The number of guanidine groups is 1. The minimum absolute atomic E-state index is 0. The van der Waals surface area contributed by atoms with E-state index in [0.29, 0.717) is 25.6 Å². The van der Waals surface area contributed by atoms with Crippen molar-refractivity contribution in [3.63, 3.8) is 0 Å². The second kappa shape index (κ2) is 10.6. The van der Waals surface area contributed by atoms with Crippen LogP contribution in [-0.2, 0) is 16.6 Å². The van der Waals surface area contributed by atoms with Crippen molar-refractivity contribution in [1.82, 2.24) is 24.9 Å². The van der Waals surface area contributed by atoms with E-state index in [9.17, 15) is 9.59 Å². The molecule has 2 saturated heterocycles. The van der Waals surface area contributed by atoms with Crippen molar-refractivity contribution in [1.29, 1.82) is 0 Å². The summed E-state index contributed by atoms with van der Waals surface area (Å²) in [6.45, 7) is 5.90. The number of piperazine rings is 1. The van der Waals surface area contributed by atoms with Crippen molar-refractivity contribution in [3.05, 3.63) is 12.4 Å². The summed E-state index contributed by atoms with van der Waals surface area (Å²) in [4.78, 5) is 35.0. The SMILES string of the molecule is CCNC(=NCC(=O)N1CCCCC1)N1CCN(c2cnn(C)c2)C(=O)C1.I. The molecule has 0 aliphatic carbocycles. The lowest BCUT2D eigenvalue weighted by molar-refractivity contribution is -0.130. The molecule has 0 aromatic carbocycles. The molecular weight excluding hydrogens is 473 g/mol. The molecule has 2 aliphatic heterocycles. The molecule has 2 fully saturated rings. The fourth-order valence-electron chi connectivity index (χ4n) is 3.49.